The topological polar surface area (TPSA) is 41.5 Å². The van der Waals surface area contributed by atoms with Crippen LogP contribution in [0.3, 0.4) is 0 Å². The minimum atomic E-state index is -0.705. The molecule has 2 unspecified atom stereocenters. The van der Waals surface area contributed by atoms with E-state index < -0.39 is 6.10 Å². The first-order chi connectivity index (χ1) is 11.0. The number of halogens is 2. The van der Waals surface area contributed by atoms with Gasteiger partial charge in [0.05, 0.1) is 0 Å². The lowest BCUT2D eigenvalue weighted by Crippen LogP contribution is -2.37. The van der Waals surface area contributed by atoms with Crippen LogP contribution in [0.1, 0.15) is 12.5 Å². The van der Waals surface area contributed by atoms with Gasteiger partial charge >= 0.3 is 0 Å². The molecule has 124 valence electrons. The molecule has 3 nitrogen and oxygen atoms in total. The summed E-state index contributed by atoms with van der Waals surface area (Å²) >= 11 is 0. The highest BCUT2D eigenvalue weighted by Crippen LogP contribution is 2.11. The number of benzene rings is 2. The summed E-state index contributed by atoms with van der Waals surface area (Å²) in [5.41, 5.74) is 0.643. The molecule has 0 bridgehead atoms. The minimum absolute atomic E-state index is 0.0207. The first-order valence-electron chi connectivity index (χ1n) is 7.58. The van der Waals surface area contributed by atoms with Crippen LogP contribution in [0, 0.1) is 11.6 Å². The summed E-state index contributed by atoms with van der Waals surface area (Å²) in [7, 11) is 0. The maximum atomic E-state index is 13.6. The van der Waals surface area contributed by atoms with Crippen molar-refractivity contribution in [1.82, 2.24) is 5.32 Å². The lowest BCUT2D eigenvalue weighted by atomic mass is 10.1. The smallest absolute Gasteiger partial charge is 0.126 e. The average molecular weight is 321 g/mol. The Morgan fingerprint density at radius 2 is 1.78 bits per heavy atom. The van der Waals surface area contributed by atoms with E-state index >= 15 is 0 Å². The molecule has 0 radical (unpaired) electrons. The number of hydrogen-bond acceptors (Lipinski definition) is 3. The Morgan fingerprint density at radius 1 is 1.09 bits per heavy atom. The summed E-state index contributed by atoms with van der Waals surface area (Å²) in [6.07, 6.45) is -0.166. The highest BCUT2D eigenvalue weighted by Gasteiger charge is 2.10. The van der Waals surface area contributed by atoms with Crippen LogP contribution in [0.4, 0.5) is 8.78 Å². The molecule has 2 rings (SSSR count). The van der Waals surface area contributed by atoms with E-state index in [9.17, 15) is 13.9 Å². The molecule has 0 spiro atoms. The Morgan fingerprint density at radius 3 is 2.48 bits per heavy atom. The molecular weight excluding hydrogens is 300 g/mol. The van der Waals surface area contributed by atoms with Crippen LogP contribution in [0.25, 0.3) is 0 Å². The Balaban J connectivity index is 1.70. The quantitative estimate of drug-likeness (QED) is 0.785. The Hall–Kier alpha value is -1.98. The second kappa shape index (κ2) is 8.60. The number of hydrogen-bond donors (Lipinski definition) is 2. The summed E-state index contributed by atoms with van der Waals surface area (Å²) in [4.78, 5) is 0. The van der Waals surface area contributed by atoms with Crippen molar-refractivity contribution in [3.8, 4) is 5.75 Å². The van der Waals surface area contributed by atoms with Gasteiger partial charge in [-0.2, -0.15) is 0 Å². The molecule has 23 heavy (non-hydrogen) atoms. The maximum absolute atomic E-state index is 13.6. The fourth-order valence-electron chi connectivity index (χ4n) is 2.19. The van der Waals surface area contributed by atoms with E-state index in [4.69, 9.17) is 4.74 Å². The van der Waals surface area contributed by atoms with Gasteiger partial charge in [-0.15, -0.1) is 0 Å². The summed E-state index contributed by atoms with van der Waals surface area (Å²) in [6, 6.07) is 12.3. The molecule has 5 heteroatoms. The second-order valence-corrected chi connectivity index (χ2v) is 5.52. The molecule has 2 atom stereocenters. The van der Waals surface area contributed by atoms with Crippen molar-refractivity contribution < 1.29 is 18.6 Å². The number of rotatable bonds is 8. The summed E-state index contributed by atoms with van der Waals surface area (Å²) in [6.45, 7) is 2.36. The highest BCUT2D eigenvalue weighted by molar-refractivity contribution is 5.22. The molecule has 0 heterocycles. The van der Waals surface area contributed by atoms with E-state index in [-0.39, 0.29) is 24.3 Å². The van der Waals surface area contributed by atoms with Gasteiger partial charge in [0.1, 0.15) is 30.1 Å². The van der Waals surface area contributed by atoms with Crippen LogP contribution in [0.15, 0.2) is 48.5 Å². The average Bonchev–Trinajstić information content (AvgIpc) is 2.54. The fourth-order valence-corrected chi connectivity index (χ4v) is 2.19. The van der Waals surface area contributed by atoms with Gasteiger partial charge in [0.2, 0.25) is 0 Å². The van der Waals surface area contributed by atoms with Crippen molar-refractivity contribution in [2.24, 2.45) is 0 Å². The first kappa shape index (κ1) is 17.4. The second-order valence-electron chi connectivity index (χ2n) is 5.52. The SMILES string of the molecule is CC(Cc1ccccc1F)NCC(O)COc1ccc(F)cc1. The van der Waals surface area contributed by atoms with Crippen molar-refractivity contribution >= 4 is 0 Å². The Labute approximate surface area is 134 Å². The van der Waals surface area contributed by atoms with Crippen molar-refractivity contribution in [3.63, 3.8) is 0 Å². The molecule has 0 fully saturated rings. The van der Waals surface area contributed by atoms with Crippen molar-refractivity contribution in [1.29, 1.82) is 0 Å². The number of nitrogens with one attached hydrogen (secondary N) is 1. The van der Waals surface area contributed by atoms with Crippen molar-refractivity contribution in [2.75, 3.05) is 13.2 Å². The largest absolute Gasteiger partial charge is 0.491 e. The molecule has 2 aromatic carbocycles. The summed E-state index contributed by atoms with van der Waals surface area (Å²) in [5, 5.41) is 13.0. The molecule has 0 saturated heterocycles. The van der Waals surface area contributed by atoms with E-state index in [1.807, 2.05) is 6.92 Å². The van der Waals surface area contributed by atoms with Gasteiger partial charge in [-0.05, 0) is 49.2 Å². The Kier molecular flexibility index (Phi) is 6.50. The third-order valence-electron chi connectivity index (χ3n) is 3.44. The van der Waals surface area contributed by atoms with Gasteiger partial charge in [-0.3, -0.25) is 0 Å². The third kappa shape index (κ3) is 5.96. The zero-order chi connectivity index (χ0) is 16.7. The van der Waals surface area contributed by atoms with E-state index in [0.29, 0.717) is 24.3 Å². The minimum Gasteiger partial charge on any atom is -0.491 e. The predicted octanol–water partition coefficient (Wildman–Crippen LogP) is 2.93. The van der Waals surface area contributed by atoms with E-state index in [1.54, 1.807) is 18.2 Å². The van der Waals surface area contributed by atoms with E-state index in [1.165, 1.54) is 30.3 Å². The van der Waals surface area contributed by atoms with Crippen LogP contribution < -0.4 is 10.1 Å². The van der Waals surface area contributed by atoms with Crippen LogP contribution in [-0.2, 0) is 6.42 Å². The zero-order valence-electron chi connectivity index (χ0n) is 13.0. The fraction of sp³-hybridized carbons (Fsp3) is 0.333. The van der Waals surface area contributed by atoms with E-state index in [2.05, 4.69) is 5.32 Å². The van der Waals surface area contributed by atoms with Crippen LogP contribution in [0.2, 0.25) is 0 Å². The summed E-state index contributed by atoms with van der Waals surface area (Å²) in [5.74, 6) is -0.0484. The molecule has 0 aliphatic carbocycles. The standard InChI is InChI=1S/C18H21F2NO2/c1-13(10-14-4-2-3-5-18(14)20)21-11-16(22)12-23-17-8-6-15(19)7-9-17/h2-9,13,16,21-22H,10-12H2,1H3. The number of aliphatic hydroxyl groups excluding tert-OH is 1. The lowest BCUT2D eigenvalue weighted by Gasteiger charge is -2.18. The van der Waals surface area contributed by atoms with Gasteiger partial charge in [0.15, 0.2) is 0 Å². The first-order valence-corrected chi connectivity index (χ1v) is 7.58. The molecule has 0 saturated carbocycles. The van der Waals surface area contributed by atoms with Crippen molar-refractivity contribution in [3.05, 3.63) is 65.7 Å². The van der Waals surface area contributed by atoms with Gasteiger partial charge in [-0.1, -0.05) is 18.2 Å². The third-order valence-corrected chi connectivity index (χ3v) is 3.44. The molecule has 2 N–H and O–H groups in total. The lowest BCUT2D eigenvalue weighted by molar-refractivity contribution is 0.104. The van der Waals surface area contributed by atoms with Gasteiger partial charge in [0, 0.05) is 12.6 Å². The molecule has 2 aromatic rings. The molecule has 0 aromatic heterocycles. The molecule has 0 aliphatic rings. The van der Waals surface area contributed by atoms with Gasteiger partial charge in [0.25, 0.3) is 0 Å². The summed E-state index contributed by atoms with van der Waals surface area (Å²) < 4.78 is 31.7. The monoisotopic (exact) mass is 321 g/mol. The zero-order valence-corrected chi connectivity index (χ0v) is 13.0. The maximum Gasteiger partial charge on any atom is 0.126 e. The number of ether oxygens (including phenoxy) is 1. The van der Waals surface area contributed by atoms with Crippen LogP contribution >= 0.6 is 0 Å². The van der Waals surface area contributed by atoms with Crippen molar-refractivity contribution in [2.45, 2.75) is 25.5 Å². The van der Waals surface area contributed by atoms with Crippen LogP contribution in [-0.4, -0.2) is 30.4 Å². The van der Waals surface area contributed by atoms with Gasteiger partial charge < -0.3 is 15.2 Å². The molecule has 0 aliphatic heterocycles. The van der Waals surface area contributed by atoms with Gasteiger partial charge in [-0.25, -0.2) is 8.78 Å². The van der Waals surface area contributed by atoms with E-state index in [0.717, 1.165) is 0 Å². The highest BCUT2D eigenvalue weighted by atomic mass is 19.1. The van der Waals surface area contributed by atoms with Crippen LogP contribution in [0.5, 0.6) is 5.75 Å². The number of aliphatic hydroxyl groups is 1. The normalized spacial score (nSPS) is 13.6. The predicted molar refractivity (Wildman–Crippen MR) is 85.5 cm³/mol. The molecule has 0 amide bonds. The Bertz CT molecular complexity index is 604. The molecular formula is C18H21F2NO2.